The molecule has 1 saturated heterocycles. The van der Waals surface area contributed by atoms with Gasteiger partial charge in [0.15, 0.2) is 0 Å². The normalized spacial score (nSPS) is 20.2. The molecule has 4 nitrogen and oxygen atoms in total. The van der Waals surface area contributed by atoms with Crippen molar-refractivity contribution in [3.05, 3.63) is 90.3 Å². The van der Waals surface area contributed by atoms with Gasteiger partial charge in [-0.05, 0) is 0 Å². The van der Waals surface area contributed by atoms with E-state index in [1.165, 1.54) is 54.2 Å². The summed E-state index contributed by atoms with van der Waals surface area (Å²) in [5.41, 5.74) is 4.99. The number of anilines is 2. The third-order valence-corrected chi connectivity index (χ3v) is 14.9. The van der Waals surface area contributed by atoms with Crippen LogP contribution in [0.15, 0.2) is 84.7 Å². The quantitative estimate of drug-likeness (QED) is 0.207. The molecule has 0 aromatic heterocycles. The Balaban J connectivity index is 1.49. The molecule has 0 spiro atoms. The average molecular weight is 779 g/mol. The Morgan fingerprint density at radius 3 is 2.26 bits per heavy atom. The minimum absolute atomic E-state index is 0.0378. The SMILES string of the molecule is CCN1C(=O)C(=C(C=C2[Te]c3ccc(C)cc3N2CC)C=C2[Te]c3ccc4ccccc4c3N2CC)SC1=S. The first kappa shape index (κ1) is 27.4. The number of rotatable bonds is 5. The van der Waals surface area contributed by atoms with Gasteiger partial charge in [0.1, 0.15) is 0 Å². The van der Waals surface area contributed by atoms with Gasteiger partial charge in [0.2, 0.25) is 0 Å². The van der Waals surface area contributed by atoms with Gasteiger partial charge >= 0.3 is 263 Å². The average Bonchev–Trinajstić information content (AvgIpc) is 3.57. The number of carbonyl (C=O) groups excluding carboxylic acids is 1. The van der Waals surface area contributed by atoms with E-state index in [1.54, 1.807) is 4.90 Å². The second-order valence-electron chi connectivity index (χ2n) is 9.46. The molecular weight excluding hydrogens is 750 g/mol. The van der Waals surface area contributed by atoms with Crippen LogP contribution in [0.25, 0.3) is 10.8 Å². The maximum absolute atomic E-state index is 13.6. The van der Waals surface area contributed by atoms with E-state index in [-0.39, 0.29) is 5.91 Å². The van der Waals surface area contributed by atoms with Crippen LogP contribution in [0.4, 0.5) is 11.4 Å². The summed E-state index contributed by atoms with van der Waals surface area (Å²) in [6.45, 7) is 11.0. The Morgan fingerprint density at radius 2 is 1.54 bits per heavy atom. The van der Waals surface area contributed by atoms with Crippen LogP contribution in [-0.4, -0.2) is 76.6 Å². The molecule has 0 aliphatic carbocycles. The number of fused-ring (bicyclic) bond motifs is 4. The maximum atomic E-state index is 13.6. The van der Waals surface area contributed by atoms with Crippen LogP contribution < -0.4 is 17.0 Å². The topological polar surface area (TPSA) is 26.8 Å². The van der Waals surface area contributed by atoms with Crippen molar-refractivity contribution in [2.75, 3.05) is 29.4 Å². The molecule has 3 aromatic carbocycles. The molecule has 0 atom stereocenters. The van der Waals surface area contributed by atoms with E-state index in [9.17, 15) is 4.79 Å². The van der Waals surface area contributed by atoms with E-state index < -0.39 is 41.8 Å². The number of hydrogen-bond donors (Lipinski definition) is 0. The van der Waals surface area contributed by atoms with Gasteiger partial charge in [-0.1, -0.05) is 0 Å². The van der Waals surface area contributed by atoms with Gasteiger partial charge in [-0.15, -0.1) is 0 Å². The molecule has 0 bridgehead atoms. The van der Waals surface area contributed by atoms with E-state index in [0.717, 1.165) is 23.6 Å². The van der Waals surface area contributed by atoms with Gasteiger partial charge in [-0.25, -0.2) is 0 Å². The number of likely N-dealkylation sites (N-methyl/N-ethyl adjacent to an activating group) is 1. The minimum atomic E-state index is -0.612. The van der Waals surface area contributed by atoms with Crippen LogP contribution in [-0.2, 0) is 4.79 Å². The molecule has 198 valence electrons. The van der Waals surface area contributed by atoms with Crippen LogP contribution in [0.5, 0.6) is 0 Å². The van der Waals surface area contributed by atoms with Gasteiger partial charge in [0.25, 0.3) is 0 Å². The summed E-state index contributed by atoms with van der Waals surface area (Å²) in [5, 5.41) is 2.59. The Hall–Kier alpha value is -1.77. The molecule has 3 aromatic rings. The zero-order valence-corrected chi connectivity index (χ0v) is 28.6. The van der Waals surface area contributed by atoms with Crippen LogP contribution in [0.1, 0.15) is 26.3 Å². The standard InChI is InChI=1S/C31H29N3OS2Te2/c1-5-32-23-16-19(4)12-14-24(23)38-26(32)17-21(29-30(35)34(7-3)31(36)37-29)18-27-33(6-2)28-22-11-9-8-10-20(22)13-15-25(28)39-27/h8-18H,5-7H2,1-4H3. The Bertz CT molecular complexity index is 1630. The molecule has 0 unspecified atom stereocenters. The van der Waals surface area contributed by atoms with Gasteiger partial charge in [-0.2, -0.15) is 0 Å². The summed E-state index contributed by atoms with van der Waals surface area (Å²) in [7, 11) is 0. The zero-order valence-electron chi connectivity index (χ0n) is 22.4. The Kier molecular flexibility index (Phi) is 7.90. The second kappa shape index (κ2) is 11.2. The number of amides is 1. The third-order valence-electron chi connectivity index (χ3n) is 7.12. The van der Waals surface area contributed by atoms with Crippen molar-refractivity contribution in [3.8, 4) is 0 Å². The molecule has 0 radical (unpaired) electrons. The van der Waals surface area contributed by atoms with Crippen molar-refractivity contribution in [2.45, 2.75) is 27.7 Å². The molecule has 3 heterocycles. The van der Waals surface area contributed by atoms with Crippen LogP contribution in [0, 0.1) is 6.92 Å². The van der Waals surface area contributed by atoms with Crippen molar-refractivity contribution in [1.29, 1.82) is 0 Å². The van der Waals surface area contributed by atoms with Crippen molar-refractivity contribution < 1.29 is 4.79 Å². The second-order valence-corrected chi connectivity index (χ2v) is 17.2. The van der Waals surface area contributed by atoms with Crippen LogP contribution in [0.2, 0.25) is 0 Å². The van der Waals surface area contributed by atoms with Crippen LogP contribution >= 0.6 is 24.0 Å². The predicted molar refractivity (Wildman–Crippen MR) is 173 cm³/mol. The number of thioether (sulfide) groups is 1. The van der Waals surface area contributed by atoms with Crippen molar-refractivity contribution in [3.63, 3.8) is 0 Å². The summed E-state index contributed by atoms with van der Waals surface area (Å²) in [6.07, 6.45) is 4.64. The zero-order chi connectivity index (χ0) is 27.3. The summed E-state index contributed by atoms with van der Waals surface area (Å²) in [6, 6.07) is 20.1. The van der Waals surface area contributed by atoms with Crippen molar-refractivity contribution in [2.24, 2.45) is 0 Å². The summed E-state index contributed by atoms with van der Waals surface area (Å²) in [4.78, 5) is 21.0. The first-order valence-corrected chi connectivity index (χ1v) is 19.1. The van der Waals surface area contributed by atoms with E-state index >= 15 is 0 Å². The molecule has 8 heteroatoms. The third kappa shape index (κ3) is 4.88. The monoisotopic (exact) mass is 783 g/mol. The number of nitrogens with zero attached hydrogens (tertiary/aromatic N) is 3. The predicted octanol–water partition coefficient (Wildman–Crippen LogP) is 5.00. The summed E-state index contributed by atoms with van der Waals surface area (Å²) in [5.74, 6) is 0.0378. The van der Waals surface area contributed by atoms with Crippen molar-refractivity contribution in [1.82, 2.24) is 4.90 Å². The number of benzene rings is 3. The number of hydrogen-bond acceptors (Lipinski definition) is 5. The molecular formula is C31H29N3OS2Te2. The molecule has 3 aliphatic rings. The number of thiocarbonyl (C=S) groups is 1. The number of aryl methyl sites for hydroxylation is 1. The molecule has 1 fully saturated rings. The fraction of sp³-hybridized carbons (Fsp3) is 0.226. The number of carbonyl (C=O) groups is 1. The van der Waals surface area contributed by atoms with Crippen molar-refractivity contribution >= 4 is 105 Å². The van der Waals surface area contributed by atoms with E-state index in [4.69, 9.17) is 12.2 Å². The molecule has 1 amide bonds. The van der Waals surface area contributed by atoms with Crippen LogP contribution in [0.3, 0.4) is 0 Å². The molecule has 3 aliphatic heterocycles. The fourth-order valence-corrected chi connectivity index (χ4v) is 13.3. The van der Waals surface area contributed by atoms with E-state index in [2.05, 4.69) is 97.3 Å². The first-order chi connectivity index (χ1) is 18.9. The molecule has 0 N–H and O–H groups in total. The molecule has 39 heavy (non-hydrogen) atoms. The summed E-state index contributed by atoms with van der Waals surface area (Å²) >= 11 is 5.92. The van der Waals surface area contributed by atoms with E-state index in [1.807, 2.05) is 6.92 Å². The van der Waals surface area contributed by atoms with Gasteiger partial charge in [-0.3, -0.25) is 0 Å². The van der Waals surface area contributed by atoms with Gasteiger partial charge in [0.05, 0.1) is 0 Å². The molecule has 6 rings (SSSR count). The van der Waals surface area contributed by atoms with E-state index in [0.29, 0.717) is 10.9 Å². The first-order valence-electron chi connectivity index (χ1n) is 13.2. The van der Waals surface area contributed by atoms with Gasteiger partial charge in [0, 0.05) is 0 Å². The fourth-order valence-electron chi connectivity index (χ4n) is 5.23. The Morgan fingerprint density at radius 1 is 0.872 bits per heavy atom. The molecule has 0 saturated carbocycles. The summed E-state index contributed by atoms with van der Waals surface area (Å²) < 4.78 is 6.31. The Labute approximate surface area is 260 Å². The van der Waals surface area contributed by atoms with Gasteiger partial charge < -0.3 is 0 Å². The number of allylic oxidation sites excluding steroid dienone is 3.